The molecule has 5 nitrogen and oxygen atoms in total. The van der Waals surface area contributed by atoms with Crippen LogP contribution in [0.25, 0.3) is 0 Å². The summed E-state index contributed by atoms with van der Waals surface area (Å²) >= 11 is 0. The van der Waals surface area contributed by atoms with Gasteiger partial charge >= 0.3 is 0 Å². The molecule has 2 heterocycles. The van der Waals surface area contributed by atoms with E-state index in [9.17, 15) is 14.0 Å². The number of methoxy groups -OCH3 is 1. The lowest BCUT2D eigenvalue weighted by atomic mass is 9.85. The number of carbonyl (C=O) groups excluding carboxylic acids is 2. The Morgan fingerprint density at radius 1 is 1.10 bits per heavy atom. The van der Waals surface area contributed by atoms with E-state index in [1.165, 1.54) is 24.3 Å². The number of halogens is 1. The second-order valence-corrected chi connectivity index (χ2v) is 8.87. The molecular formula is C25H29FN2O3. The third-order valence-electron chi connectivity index (χ3n) is 6.51. The van der Waals surface area contributed by atoms with Crippen LogP contribution in [-0.4, -0.2) is 43.0 Å². The van der Waals surface area contributed by atoms with Gasteiger partial charge in [-0.15, -0.1) is 0 Å². The van der Waals surface area contributed by atoms with Gasteiger partial charge < -0.3 is 4.74 Å². The van der Waals surface area contributed by atoms with Gasteiger partial charge in [-0.3, -0.25) is 19.4 Å². The van der Waals surface area contributed by atoms with Crippen molar-refractivity contribution in [3.8, 4) is 5.75 Å². The average molecular weight is 425 g/mol. The predicted octanol–water partition coefficient (Wildman–Crippen LogP) is 4.54. The van der Waals surface area contributed by atoms with Crippen molar-refractivity contribution < 1.29 is 18.7 Å². The fourth-order valence-corrected chi connectivity index (χ4v) is 4.85. The standard InChI is InChI=1S/C25H29FN2O3/c1-25(2)23-19(8-7-9-21(23)31-3)28(24(25)30)22(27-14-5-4-6-15-27)16-20(29)17-10-12-18(26)13-11-17/h7-13,22H,4-6,14-16H2,1-3H3. The molecule has 2 aromatic carbocycles. The predicted molar refractivity (Wildman–Crippen MR) is 118 cm³/mol. The third kappa shape index (κ3) is 3.85. The first-order chi connectivity index (χ1) is 14.8. The Balaban J connectivity index is 1.74. The number of anilines is 1. The first kappa shape index (κ1) is 21.5. The van der Waals surface area contributed by atoms with Crippen molar-refractivity contribution in [1.82, 2.24) is 4.90 Å². The normalized spacial score (nSPS) is 19.2. The van der Waals surface area contributed by atoms with Crippen LogP contribution in [0.1, 0.15) is 55.5 Å². The summed E-state index contributed by atoms with van der Waals surface area (Å²) < 4.78 is 18.9. The van der Waals surface area contributed by atoms with Crippen molar-refractivity contribution in [2.24, 2.45) is 0 Å². The van der Waals surface area contributed by atoms with Gasteiger partial charge in [-0.05, 0) is 63.1 Å². The fraction of sp³-hybridized carbons (Fsp3) is 0.440. The third-order valence-corrected chi connectivity index (χ3v) is 6.51. The highest BCUT2D eigenvalue weighted by Crippen LogP contribution is 2.48. The maximum atomic E-state index is 13.7. The van der Waals surface area contributed by atoms with Crippen LogP contribution in [0.5, 0.6) is 5.75 Å². The van der Waals surface area contributed by atoms with E-state index in [2.05, 4.69) is 4.90 Å². The molecule has 2 aliphatic heterocycles. The van der Waals surface area contributed by atoms with E-state index < -0.39 is 11.6 Å². The van der Waals surface area contributed by atoms with Gasteiger partial charge in [0.05, 0.1) is 24.4 Å². The van der Waals surface area contributed by atoms with Crippen LogP contribution in [0, 0.1) is 5.82 Å². The Morgan fingerprint density at radius 3 is 2.42 bits per heavy atom. The van der Waals surface area contributed by atoms with E-state index >= 15 is 0 Å². The first-order valence-corrected chi connectivity index (χ1v) is 10.9. The molecule has 2 aliphatic rings. The van der Waals surface area contributed by atoms with Crippen LogP contribution < -0.4 is 9.64 Å². The lowest BCUT2D eigenvalue weighted by molar-refractivity contribution is -0.123. The van der Waals surface area contributed by atoms with Gasteiger partial charge in [-0.2, -0.15) is 0 Å². The molecule has 0 aromatic heterocycles. The summed E-state index contributed by atoms with van der Waals surface area (Å²) in [6.07, 6.45) is 3.00. The highest BCUT2D eigenvalue weighted by Gasteiger charge is 2.49. The lowest BCUT2D eigenvalue weighted by Crippen LogP contribution is -2.54. The zero-order valence-electron chi connectivity index (χ0n) is 18.4. The molecule has 0 bridgehead atoms. The summed E-state index contributed by atoms with van der Waals surface area (Å²) in [4.78, 5) is 30.9. The van der Waals surface area contributed by atoms with Crippen molar-refractivity contribution >= 4 is 17.4 Å². The zero-order valence-corrected chi connectivity index (χ0v) is 18.4. The molecule has 0 N–H and O–H groups in total. The van der Waals surface area contributed by atoms with Gasteiger partial charge in [0.1, 0.15) is 11.6 Å². The van der Waals surface area contributed by atoms with Crippen LogP contribution in [0.3, 0.4) is 0 Å². The number of fused-ring (bicyclic) bond motifs is 1. The Kier molecular flexibility index (Phi) is 5.84. The number of benzene rings is 2. The molecule has 0 saturated carbocycles. The van der Waals surface area contributed by atoms with E-state index in [0.717, 1.165) is 43.6 Å². The van der Waals surface area contributed by atoms with Gasteiger partial charge in [0.15, 0.2) is 5.78 Å². The molecule has 0 aliphatic carbocycles. The second kappa shape index (κ2) is 8.42. The molecule has 1 unspecified atom stereocenters. The first-order valence-electron chi connectivity index (χ1n) is 10.9. The van der Waals surface area contributed by atoms with Crippen molar-refractivity contribution in [1.29, 1.82) is 0 Å². The van der Waals surface area contributed by atoms with E-state index in [1.54, 1.807) is 12.0 Å². The Labute approximate surface area is 182 Å². The molecular weight excluding hydrogens is 395 g/mol. The molecule has 1 atom stereocenters. The highest BCUT2D eigenvalue weighted by molar-refractivity contribution is 6.09. The molecule has 0 spiro atoms. The number of carbonyl (C=O) groups is 2. The summed E-state index contributed by atoms with van der Waals surface area (Å²) in [6.45, 7) is 5.49. The minimum atomic E-state index is -0.755. The Hall–Kier alpha value is -2.73. The molecule has 1 saturated heterocycles. The second-order valence-electron chi connectivity index (χ2n) is 8.87. The van der Waals surface area contributed by atoms with Crippen molar-refractivity contribution in [3.05, 3.63) is 59.4 Å². The van der Waals surface area contributed by atoms with Crippen molar-refractivity contribution in [2.45, 2.75) is 51.1 Å². The number of Topliss-reactive ketones (excluding diaryl/α,β-unsaturated/α-hetero) is 1. The van der Waals surface area contributed by atoms with Crippen LogP contribution in [-0.2, 0) is 10.2 Å². The highest BCUT2D eigenvalue weighted by atomic mass is 19.1. The average Bonchev–Trinajstić information content (AvgIpc) is 2.98. The monoisotopic (exact) mass is 424 g/mol. The number of ether oxygens (including phenoxy) is 1. The summed E-state index contributed by atoms with van der Waals surface area (Å²) in [7, 11) is 1.61. The molecule has 0 radical (unpaired) electrons. The SMILES string of the molecule is COc1cccc2c1C(C)(C)C(=O)N2C(CC(=O)c1ccc(F)cc1)N1CCCCC1. The zero-order chi connectivity index (χ0) is 22.2. The van der Waals surface area contributed by atoms with Gasteiger partial charge in [0.25, 0.3) is 0 Å². The van der Waals surface area contributed by atoms with Gasteiger partial charge in [-0.1, -0.05) is 12.5 Å². The van der Waals surface area contributed by atoms with Gasteiger partial charge in [-0.25, -0.2) is 4.39 Å². The number of hydrogen-bond donors (Lipinski definition) is 0. The van der Waals surface area contributed by atoms with E-state index in [4.69, 9.17) is 4.74 Å². The number of ketones is 1. The summed E-state index contributed by atoms with van der Waals surface area (Å²) in [5, 5.41) is 0. The largest absolute Gasteiger partial charge is 0.496 e. The number of piperidine rings is 1. The topological polar surface area (TPSA) is 49.9 Å². The molecule has 1 fully saturated rings. The number of hydrogen-bond acceptors (Lipinski definition) is 4. The maximum Gasteiger partial charge on any atom is 0.238 e. The lowest BCUT2D eigenvalue weighted by Gasteiger charge is -2.40. The van der Waals surface area contributed by atoms with Crippen LogP contribution in [0.15, 0.2) is 42.5 Å². The minimum Gasteiger partial charge on any atom is -0.496 e. The summed E-state index contributed by atoms with van der Waals surface area (Å²) in [5.41, 5.74) is 1.37. The fourth-order valence-electron chi connectivity index (χ4n) is 4.85. The molecule has 2 aromatic rings. The quantitative estimate of drug-likeness (QED) is 0.639. The number of nitrogens with zero attached hydrogens (tertiary/aromatic N) is 2. The van der Waals surface area contributed by atoms with Crippen molar-refractivity contribution in [3.63, 3.8) is 0 Å². The molecule has 4 rings (SSSR count). The van der Waals surface area contributed by atoms with E-state index in [1.807, 2.05) is 32.0 Å². The minimum absolute atomic E-state index is 0.0329. The van der Waals surface area contributed by atoms with E-state index in [0.29, 0.717) is 11.3 Å². The molecule has 1 amide bonds. The smallest absolute Gasteiger partial charge is 0.238 e. The number of rotatable bonds is 6. The molecule has 6 heteroatoms. The summed E-state index contributed by atoms with van der Waals surface area (Å²) in [6, 6.07) is 11.3. The van der Waals surface area contributed by atoms with E-state index in [-0.39, 0.29) is 23.9 Å². The van der Waals surface area contributed by atoms with Gasteiger partial charge in [0, 0.05) is 30.6 Å². The van der Waals surface area contributed by atoms with Crippen LogP contribution >= 0.6 is 0 Å². The number of likely N-dealkylation sites (tertiary alicyclic amines) is 1. The van der Waals surface area contributed by atoms with Gasteiger partial charge in [0.2, 0.25) is 5.91 Å². The number of amides is 1. The maximum absolute atomic E-state index is 13.7. The molecule has 164 valence electrons. The summed E-state index contributed by atoms with van der Waals surface area (Å²) in [5.74, 6) is 0.175. The Morgan fingerprint density at radius 2 is 1.77 bits per heavy atom. The van der Waals surface area contributed by atoms with Crippen LogP contribution in [0.2, 0.25) is 0 Å². The Bertz CT molecular complexity index is 981. The van der Waals surface area contributed by atoms with Crippen LogP contribution in [0.4, 0.5) is 10.1 Å². The molecule has 31 heavy (non-hydrogen) atoms. The van der Waals surface area contributed by atoms with Crippen molar-refractivity contribution in [2.75, 3.05) is 25.1 Å².